The summed E-state index contributed by atoms with van der Waals surface area (Å²) in [5, 5.41) is 4.43. The summed E-state index contributed by atoms with van der Waals surface area (Å²) in [6, 6.07) is 17.8. The van der Waals surface area contributed by atoms with Gasteiger partial charge in [0.15, 0.2) is 0 Å². The van der Waals surface area contributed by atoms with Crippen molar-refractivity contribution >= 4 is 22.4 Å². The summed E-state index contributed by atoms with van der Waals surface area (Å²) in [5.74, 6) is 3.01. The van der Waals surface area contributed by atoms with E-state index in [1.807, 2.05) is 75.4 Å². The maximum absolute atomic E-state index is 6.02. The van der Waals surface area contributed by atoms with E-state index in [9.17, 15) is 0 Å². The number of pyridine rings is 1. The third kappa shape index (κ3) is 3.58. The summed E-state index contributed by atoms with van der Waals surface area (Å²) < 4.78 is 6.02. The van der Waals surface area contributed by atoms with E-state index in [1.165, 1.54) is 0 Å². The summed E-state index contributed by atoms with van der Waals surface area (Å²) in [4.78, 5) is 13.4. The monoisotopic (exact) mass is 356 g/mol. The van der Waals surface area contributed by atoms with Crippen LogP contribution in [-0.4, -0.2) is 15.0 Å². The zero-order chi connectivity index (χ0) is 18.8. The highest BCUT2D eigenvalue weighted by molar-refractivity contribution is 5.91. The molecule has 2 aromatic carbocycles. The minimum atomic E-state index is 0.712. The summed E-state index contributed by atoms with van der Waals surface area (Å²) in [6.07, 6.45) is 1.73. The number of benzene rings is 2. The van der Waals surface area contributed by atoms with Crippen LogP contribution in [0.25, 0.3) is 10.9 Å². The van der Waals surface area contributed by atoms with E-state index in [4.69, 9.17) is 4.74 Å². The van der Waals surface area contributed by atoms with Crippen molar-refractivity contribution in [3.05, 3.63) is 77.9 Å². The van der Waals surface area contributed by atoms with Crippen molar-refractivity contribution < 1.29 is 4.74 Å². The summed E-state index contributed by atoms with van der Waals surface area (Å²) >= 11 is 0. The van der Waals surface area contributed by atoms with Crippen LogP contribution in [0, 0.1) is 20.8 Å². The lowest BCUT2D eigenvalue weighted by molar-refractivity contribution is 0.476. The zero-order valence-corrected chi connectivity index (χ0v) is 15.5. The number of anilines is 2. The van der Waals surface area contributed by atoms with Crippen molar-refractivity contribution in [3.8, 4) is 11.5 Å². The molecular weight excluding hydrogens is 336 g/mol. The highest BCUT2D eigenvalue weighted by Gasteiger charge is 2.10. The Hall–Kier alpha value is -3.47. The van der Waals surface area contributed by atoms with Gasteiger partial charge in [-0.1, -0.05) is 18.2 Å². The Kier molecular flexibility index (Phi) is 4.42. The highest BCUT2D eigenvalue weighted by atomic mass is 16.5. The van der Waals surface area contributed by atoms with E-state index >= 15 is 0 Å². The van der Waals surface area contributed by atoms with Crippen molar-refractivity contribution in [2.24, 2.45) is 0 Å². The first kappa shape index (κ1) is 17.0. The van der Waals surface area contributed by atoms with Gasteiger partial charge in [-0.05, 0) is 57.2 Å². The van der Waals surface area contributed by atoms with Crippen LogP contribution in [0.2, 0.25) is 0 Å². The molecule has 5 nitrogen and oxygen atoms in total. The summed E-state index contributed by atoms with van der Waals surface area (Å²) in [5.41, 5.74) is 3.82. The second-order valence-electron chi connectivity index (χ2n) is 6.43. The molecule has 2 heterocycles. The fourth-order valence-corrected chi connectivity index (χ4v) is 2.92. The van der Waals surface area contributed by atoms with Crippen LogP contribution < -0.4 is 10.1 Å². The average Bonchev–Trinajstić information content (AvgIpc) is 2.66. The van der Waals surface area contributed by atoms with Crippen LogP contribution >= 0.6 is 0 Å². The predicted molar refractivity (Wildman–Crippen MR) is 108 cm³/mol. The van der Waals surface area contributed by atoms with Crippen molar-refractivity contribution in [2.75, 3.05) is 5.32 Å². The molecule has 4 aromatic rings. The van der Waals surface area contributed by atoms with Crippen molar-refractivity contribution in [2.45, 2.75) is 20.8 Å². The van der Waals surface area contributed by atoms with Crippen molar-refractivity contribution in [3.63, 3.8) is 0 Å². The maximum atomic E-state index is 6.02. The van der Waals surface area contributed by atoms with Gasteiger partial charge in [0.25, 0.3) is 0 Å². The van der Waals surface area contributed by atoms with Gasteiger partial charge < -0.3 is 10.1 Å². The topological polar surface area (TPSA) is 59.9 Å². The van der Waals surface area contributed by atoms with Gasteiger partial charge in [0.1, 0.15) is 23.1 Å². The number of ether oxygens (including phenoxy) is 1. The van der Waals surface area contributed by atoms with Crippen molar-refractivity contribution in [1.29, 1.82) is 0 Å². The van der Waals surface area contributed by atoms with E-state index in [2.05, 4.69) is 20.3 Å². The van der Waals surface area contributed by atoms with Gasteiger partial charge in [-0.15, -0.1) is 0 Å². The van der Waals surface area contributed by atoms with E-state index in [0.717, 1.165) is 45.2 Å². The van der Waals surface area contributed by atoms with Crippen LogP contribution in [0.4, 0.5) is 11.5 Å². The van der Waals surface area contributed by atoms with E-state index < -0.39 is 0 Å². The quantitative estimate of drug-likeness (QED) is 0.524. The smallest absolute Gasteiger partial charge is 0.145 e. The molecule has 0 aliphatic carbocycles. The Balaban J connectivity index is 1.68. The first-order valence-electron chi connectivity index (χ1n) is 8.81. The Morgan fingerprint density at radius 3 is 2.52 bits per heavy atom. The standard InChI is InChI=1S/C22H20N4O/c1-14-11-12-17(13-23-14)27-21-10-6-9-19(15(21)2)26-22-18-7-4-5-8-20(18)24-16(3)25-22/h4-13H,1-3H3,(H,24,25,26). The number of fused-ring (bicyclic) bond motifs is 1. The molecule has 0 fully saturated rings. The largest absolute Gasteiger partial charge is 0.455 e. The van der Waals surface area contributed by atoms with Crippen LogP contribution in [0.1, 0.15) is 17.1 Å². The molecule has 0 aliphatic heterocycles. The predicted octanol–water partition coefficient (Wildman–Crippen LogP) is 5.49. The molecule has 27 heavy (non-hydrogen) atoms. The number of rotatable bonds is 4. The number of aromatic nitrogens is 3. The Morgan fingerprint density at radius 2 is 1.70 bits per heavy atom. The molecule has 0 amide bonds. The fourth-order valence-electron chi connectivity index (χ4n) is 2.92. The van der Waals surface area contributed by atoms with E-state index in [0.29, 0.717) is 5.75 Å². The second-order valence-corrected chi connectivity index (χ2v) is 6.43. The molecule has 0 saturated heterocycles. The van der Waals surface area contributed by atoms with Gasteiger partial charge in [-0.3, -0.25) is 4.98 Å². The molecule has 0 radical (unpaired) electrons. The molecule has 4 rings (SSSR count). The van der Waals surface area contributed by atoms with Crippen LogP contribution in [0.15, 0.2) is 60.8 Å². The lowest BCUT2D eigenvalue weighted by Crippen LogP contribution is -2.01. The molecule has 0 aliphatic rings. The Bertz CT molecular complexity index is 1110. The SMILES string of the molecule is Cc1ccc(Oc2cccc(Nc3nc(C)nc4ccccc34)c2C)cn1. The van der Waals surface area contributed by atoms with Gasteiger partial charge in [0, 0.05) is 22.3 Å². The molecule has 0 bridgehead atoms. The number of nitrogens with one attached hydrogen (secondary N) is 1. The number of para-hydroxylation sites is 1. The van der Waals surface area contributed by atoms with Gasteiger partial charge in [-0.2, -0.15) is 0 Å². The van der Waals surface area contributed by atoms with Gasteiger partial charge in [-0.25, -0.2) is 9.97 Å². The lowest BCUT2D eigenvalue weighted by Gasteiger charge is -2.15. The molecule has 0 unspecified atom stereocenters. The number of hydrogen-bond donors (Lipinski definition) is 1. The Labute approximate surface area is 158 Å². The van der Waals surface area contributed by atoms with Gasteiger partial charge >= 0.3 is 0 Å². The highest BCUT2D eigenvalue weighted by Crippen LogP contribution is 2.32. The lowest BCUT2D eigenvalue weighted by atomic mass is 10.1. The normalized spacial score (nSPS) is 10.8. The third-order valence-electron chi connectivity index (χ3n) is 4.36. The third-order valence-corrected chi connectivity index (χ3v) is 4.36. The van der Waals surface area contributed by atoms with Crippen LogP contribution in [0.3, 0.4) is 0 Å². The zero-order valence-electron chi connectivity index (χ0n) is 15.5. The minimum absolute atomic E-state index is 0.712. The number of hydrogen-bond acceptors (Lipinski definition) is 5. The van der Waals surface area contributed by atoms with Gasteiger partial charge in [0.05, 0.1) is 11.7 Å². The fraction of sp³-hybridized carbons (Fsp3) is 0.136. The number of aryl methyl sites for hydroxylation is 2. The molecule has 134 valence electrons. The van der Waals surface area contributed by atoms with Crippen LogP contribution in [0.5, 0.6) is 11.5 Å². The first-order chi connectivity index (χ1) is 13.1. The second kappa shape index (κ2) is 7.03. The average molecular weight is 356 g/mol. The summed E-state index contributed by atoms with van der Waals surface area (Å²) in [6.45, 7) is 5.87. The maximum Gasteiger partial charge on any atom is 0.145 e. The molecule has 0 atom stereocenters. The van der Waals surface area contributed by atoms with E-state index in [1.54, 1.807) is 6.20 Å². The molecular formula is C22H20N4O. The molecule has 1 N–H and O–H groups in total. The van der Waals surface area contributed by atoms with Crippen LogP contribution in [-0.2, 0) is 0 Å². The molecule has 2 aromatic heterocycles. The summed E-state index contributed by atoms with van der Waals surface area (Å²) in [7, 11) is 0. The molecule has 0 saturated carbocycles. The Morgan fingerprint density at radius 1 is 0.852 bits per heavy atom. The minimum Gasteiger partial charge on any atom is -0.455 e. The molecule has 0 spiro atoms. The van der Waals surface area contributed by atoms with Crippen molar-refractivity contribution in [1.82, 2.24) is 15.0 Å². The molecule has 5 heteroatoms. The number of nitrogens with zero attached hydrogens (tertiary/aromatic N) is 3. The van der Waals surface area contributed by atoms with E-state index in [-0.39, 0.29) is 0 Å². The van der Waals surface area contributed by atoms with Gasteiger partial charge in [0.2, 0.25) is 0 Å². The first-order valence-corrected chi connectivity index (χ1v) is 8.81.